The van der Waals surface area contributed by atoms with Crippen LogP contribution in [0.5, 0.6) is 0 Å². The molecular formula is C26H29FN4O. The molecule has 2 aliphatic rings. The van der Waals surface area contributed by atoms with Gasteiger partial charge in [0.15, 0.2) is 0 Å². The molecule has 3 heterocycles. The lowest BCUT2D eigenvalue weighted by atomic mass is 10.0. The maximum Gasteiger partial charge on any atom is 0.257 e. The highest BCUT2D eigenvalue weighted by molar-refractivity contribution is 6.07. The molecule has 0 spiro atoms. The van der Waals surface area contributed by atoms with Crippen LogP contribution >= 0.6 is 0 Å². The highest BCUT2D eigenvalue weighted by atomic mass is 19.1. The Kier molecular flexibility index (Phi) is 5.45. The van der Waals surface area contributed by atoms with Crippen molar-refractivity contribution in [3.05, 3.63) is 65.1 Å². The highest BCUT2D eigenvalue weighted by Crippen LogP contribution is 2.33. The first-order chi connectivity index (χ1) is 15.5. The van der Waals surface area contributed by atoms with Crippen LogP contribution in [-0.4, -0.2) is 55.1 Å². The third-order valence-corrected chi connectivity index (χ3v) is 6.94. The number of hydrogen-bond donors (Lipinski definition) is 0. The first-order valence-corrected chi connectivity index (χ1v) is 11.5. The molecule has 5 rings (SSSR count). The molecule has 0 aliphatic carbocycles. The van der Waals surface area contributed by atoms with E-state index in [4.69, 9.17) is 0 Å². The van der Waals surface area contributed by atoms with E-state index in [1.165, 1.54) is 28.9 Å². The summed E-state index contributed by atoms with van der Waals surface area (Å²) in [5, 5.41) is 0.718. The van der Waals surface area contributed by atoms with Crippen molar-refractivity contribution in [2.24, 2.45) is 0 Å². The van der Waals surface area contributed by atoms with Gasteiger partial charge in [0.1, 0.15) is 5.82 Å². The number of likely N-dealkylation sites (tertiary alicyclic amines) is 1. The van der Waals surface area contributed by atoms with Crippen molar-refractivity contribution in [2.75, 3.05) is 49.1 Å². The van der Waals surface area contributed by atoms with E-state index in [1.807, 2.05) is 4.90 Å². The van der Waals surface area contributed by atoms with Crippen LogP contribution in [0.15, 0.2) is 42.6 Å². The fourth-order valence-corrected chi connectivity index (χ4v) is 4.99. The number of carbonyl (C=O) groups excluding carboxylic acids is 1. The number of anilines is 2. The van der Waals surface area contributed by atoms with Crippen LogP contribution in [0.4, 0.5) is 15.8 Å². The third-order valence-electron chi connectivity index (χ3n) is 6.94. The second kappa shape index (κ2) is 8.41. The van der Waals surface area contributed by atoms with Crippen LogP contribution in [0.25, 0.3) is 10.9 Å². The Balaban J connectivity index is 1.50. The lowest BCUT2D eigenvalue weighted by molar-refractivity contribution is 0.0793. The predicted molar refractivity (Wildman–Crippen MR) is 127 cm³/mol. The highest BCUT2D eigenvalue weighted by Gasteiger charge is 2.28. The van der Waals surface area contributed by atoms with Crippen molar-refractivity contribution in [3.63, 3.8) is 0 Å². The molecule has 32 heavy (non-hydrogen) atoms. The van der Waals surface area contributed by atoms with E-state index in [0.29, 0.717) is 5.56 Å². The first-order valence-electron chi connectivity index (χ1n) is 11.5. The standard InChI is InChI=1S/C26H29FN4O/c1-18-6-5-7-24(19(18)2)29-12-14-30(15-13-29)25-21-16-20(27)8-9-23(21)28-17-22(25)26(32)31-10-3-4-11-31/h5-9,16-17H,3-4,10-15H2,1-2H3. The quantitative estimate of drug-likeness (QED) is 0.609. The molecule has 0 atom stereocenters. The summed E-state index contributed by atoms with van der Waals surface area (Å²) in [6, 6.07) is 11.1. The van der Waals surface area contributed by atoms with Gasteiger partial charge in [0.25, 0.3) is 5.91 Å². The monoisotopic (exact) mass is 432 g/mol. The van der Waals surface area contributed by atoms with Crippen molar-refractivity contribution in [1.29, 1.82) is 0 Å². The molecule has 1 amide bonds. The second-order valence-electron chi connectivity index (χ2n) is 8.87. The predicted octanol–water partition coefficient (Wildman–Crippen LogP) is 4.55. The normalized spacial score (nSPS) is 16.8. The fraction of sp³-hybridized carbons (Fsp3) is 0.385. The van der Waals surface area contributed by atoms with E-state index in [2.05, 4.69) is 46.8 Å². The number of hydrogen-bond acceptors (Lipinski definition) is 4. The Bertz CT molecular complexity index is 1160. The van der Waals surface area contributed by atoms with Gasteiger partial charge in [-0.2, -0.15) is 0 Å². The molecule has 6 heteroatoms. The Morgan fingerprint density at radius 3 is 2.41 bits per heavy atom. The number of amides is 1. The maximum absolute atomic E-state index is 14.2. The Morgan fingerprint density at radius 1 is 0.938 bits per heavy atom. The van der Waals surface area contributed by atoms with Crippen molar-refractivity contribution in [2.45, 2.75) is 26.7 Å². The molecule has 2 fully saturated rings. The Morgan fingerprint density at radius 2 is 1.66 bits per heavy atom. The summed E-state index contributed by atoms with van der Waals surface area (Å²) in [6.45, 7) is 9.10. The average Bonchev–Trinajstić information content (AvgIpc) is 3.35. The van der Waals surface area contributed by atoms with Gasteiger partial charge in [-0.1, -0.05) is 12.1 Å². The minimum absolute atomic E-state index is 0.00752. The van der Waals surface area contributed by atoms with E-state index in [9.17, 15) is 9.18 Å². The van der Waals surface area contributed by atoms with Gasteiger partial charge in [0.2, 0.25) is 0 Å². The lowest BCUT2D eigenvalue weighted by Crippen LogP contribution is -2.47. The smallest absolute Gasteiger partial charge is 0.257 e. The zero-order valence-corrected chi connectivity index (χ0v) is 18.8. The molecule has 166 valence electrons. The van der Waals surface area contributed by atoms with E-state index < -0.39 is 0 Å². The van der Waals surface area contributed by atoms with Crippen LogP contribution in [0.2, 0.25) is 0 Å². The van der Waals surface area contributed by atoms with Crippen LogP contribution in [0, 0.1) is 19.7 Å². The van der Waals surface area contributed by atoms with E-state index in [0.717, 1.165) is 68.7 Å². The summed E-state index contributed by atoms with van der Waals surface area (Å²) < 4.78 is 14.2. The van der Waals surface area contributed by atoms with Crippen molar-refractivity contribution in [3.8, 4) is 0 Å². The number of aromatic nitrogens is 1. The molecule has 0 unspecified atom stereocenters. The summed E-state index contributed by atoms with van der Waals surface area (Å²) in [5.74, 6) is -0.298. The van der Waals surface area contributed by atoms with Gasteiger partial charge >= 0.3 is 0 Å². The molecule has 1 aromatic heterocycles. The summed E-state index contributed by atoms with van der Waals surface area (Å²) in [7, 11) is 0. The molecule has 0 bridgehead atoms. The van der Waals surface area contributed by atoms with Gasteiger partial charge in [-0.05, 0) is 62.1 Å². The number of aryl methyl sites for hydroxylation is 1. The van der Waals surface area contributed by atoms with E-state index in [1.54, 1.807) is 12.3 Å². The summed E-state index contributed by atoms with van der Waals surface area (Å²) in [4.78, 5) is 24.4. The SMILES string of the molecule is Cc1cccc(N2CCN(c3c(C(=O)N4CCCC4)cnc4ccc(F)cc34)CC2)c1C. The van der Waals surface area contributed by atoms with E-state index >= 15 is 0 Å². The average molecular weight is 433 g/mol. The number of benzene rings is 2. The molecule has 2 aliphatic heterocycles. The molecule has 0 saturated carbocycles. The number of fused-ring (bicyclic) bond motifs is 1. The zero-order chi connectivity index (χ0) is 22.2. The minimum Gasteiger partial charge on any atom is -0.368 e. The van der Waals surface area contributed by atoms with Crippen molar-refractivity contribution < 1.29 is 9.18 Å². The first kappa shape index (κ1) is 20.7. The van der Waals surface area contributed by atoms with Crippen LogP contribution in [-0.2, 0) is 0 Å². The summed E-state index contributed by atoms with van der Waals surface area (Å²) in [6.07, 6.45) is 3.75. The van der Waals surface area contributed by atoms with Crippen LogP contribution in [0.1, 0.15) is 34.3 Å². The topological polar surface area (TPSA) is 39.7 Å². The van der Waals surface area contributed by atoms with Gasteiger partial charge in [-0.15, -0.1) is 0 Å². The van der Waals surface area contributed by atoms with Gasteiger partial charge in [-0.25, -0.2) is 4.39 Å². The number of carbonyl (C=O) groups is 1. The molecule has 0 radical (unpaired) electrons. The molecule has 0 N–H and O–H groups in total. The molecule has 2 saturated heterocycles. The largest absolute Gasteiger partial charge is 0.368 e. The lowest BCUT2D eigenvalue weighted by Gasteiger charge is -2.39. The minimum atomic E-state index is -0.305. The van der Waals surface area contributed by atoms with Gasteiger partial charge in [0.05, 0.1) is 16.8 Å². The second-order valence-corrected chi connectivity index (χ2v) is 8.87. The number of pyridine rings is 1. The third kappa shape index (κ3) is 3.68. The summed E-state index contributed by atoms with van der Waals surface area (Å²) in [5.41, 5.74) is 6.00. The van der Waals surface area contributed by atoms with Crippen molar-refractivity contribution in [1.82, 2.24) is 9.88 Å². The van der Waals surface area contributed by atoms with Crippen LogP contribution in [0.3, 0.4) is 0 Å². The number of halogens is 1. The van der Waals surface area contributed by atoms with Gasteiger partial charge in [0, 0.05) is 56.5 Å². The Hall–Kier alpha value is -3.15. The van der Waals surface area contributed by atoms with Crippen molar-refractivity contribution >= 4 is 28.2 Å². The molecular weight excluding hydrogens is 403 g/mol. The van der Waals surface area contributed by atoms with Gasteiger partial charge in [-0.3, -0.25) is 9.78 Å². The number of nitrogens with zero attached hydrogens (tertiary/aromatic N) is 4. The molecule has 2 aromatic carbocycles. The van der Waals surface area contributed by atoms with Crippen LogP contribution < -0.4 is 9.80 Å². The summed E-state index contributed by atoms with van der Waals surface area (Å²) >= 11 is 0. The maximum atomic E-state index is 14.2. The fourth-order valence-electron chi connectivity index (χ4n) is 4.99. The van der Waals surface area contributed by atoms with E-state index in [-0.39, 0.29) is 11.7 Å². The molecule has 3 aromatic rings. The number of rotatable bonds is 3. The number of piperazine rings is 1. The Labute approximate surface area is 188 Å². The van der Waals surface area contributed by atoms with Gasteiger partial charge < -0.3 is 14.7 Å². The zero-order valence-electron chi connectivity index (χ0n) is 18.8. The molecule has 5 nitrogen and oxygen atoms in total.